The molecule has 10 heteroatoms. The summed E-state index contributed by atoms with van der Waals surface area (Å²) in [5, 5.41) is 9.38. The van der Waals surface area contributed by atoms with Crippen molar-refractivity contribution >= 4 is 23.6 Å². The average molecular weight is 441 g/mol. The van der Waals surface area contributed by atoms with Crippen LogP contribution in [0.4, 0.5) is 0 Å². The molecule has 0 aliphatic carbocycles. The lowest BCUT2D eigenvalue weighted by atomic mass is 10.2. The Morgan fingerprint density at radius 1 is 1.06 bits per heavy atom. The molecule has 0 aromatic carbocycles. The van der Waals surface area contributed by atoms with Gasteiger partial charge < -0.3 is 18.8 Å². The van der Waals surface area contributed by atoms with Crippen LogP contribution < -0.4 is 0 Å². The number of thioether (sulfide) groups is 1. The van der Waals surface area contributed by atoms with E-state index in [1.54, 1.807) is 34.3 Å². The van der Waals surface area contributed by atoms with Gasteiger partial charge in [0, 0.05) is 50.7 Å². The summed E-state index contributed by atoms with van der Waals surface area (Å²) in [6.45, 7) is 4.88. The standard InChI is InChI=1S/C21H24N6O3S/c1-2-9-27-19(16-5-7-22-8-6-16)23-24-21(27)31-15-18(28)25-10-12-26(13-11-25)20(29)17-4-3-14-30-17/h3-8,14H,2,9-13,15H2,1H3. The molecular formula is C21H24N6O3S. The molecule has 0 spiro atoms. The molecule has 0 unspecified atom stereocenters. The summed E-state index contributed by atoms with van der Waals surface area (Å²) in [5.41, 5.74) is 0.950. The van der Waals surface area contributed by atoms with Gasteiger partial charge in [-0.1, -0.05) is 18.7 Å². The second-order valence-corrected chi connectivity index (χ2v) is 8.08. The molecule has 0 atom stereocenters. The van der Waals surface area contributed by atoms with Crippen LogP contribution in [0, 0.1) is 0 Å². The Hall–Kier alpha value is -3.14. The van der Waals surface area contributed by atoms with Gasteiger partial charge in [-0.3, -0.25) is 14.6 Å². The zero-order chi connectivity index (χ0) is 21.6. The molecule has 3 aromatic heterocycles. The number of furan rings is 1. The maximum absolute atomic E-state index is 12.7. The molecule has 1 aliphatic heterocycles. The van der Waals surface area contributed by atoms with Crippen molar-refractivity contribution < 1.29 is 14.0 Å². The second kappa shape index (κ2) is 9.78. The molecule has 2 amide bonds. The molecular weight excluding hydrogens is 416 g/mol. The van der Waals surface area contributed by atoms with Crippen LogP contribution in [0.1, 0.15) is 23.9 Å². The minimum absolute atomic E-state index is 0.0339. The van der Waals surface area contributed by atoms with Gasteiger partial charge in [-0.2, -0.15) is 0 Å². The number of piperazine rings is 1. The zero-order valence-electron chi connectivity index (χ0n) is 17.3. The third-order valence-electron chi connectivity index (χ3n) is 5.08. The highest BCUT2D eigenvalue weighted by Crippen LogP contribution is 2.24. The van der Waals surface area contributed by atoms with Crippen molar-refractivity contribution in [3.05, 3.63) is 48.7 Å². The number of amides is 2. The summed E-state index contributed by atoms with van der Waals surface area (Å²) in [6.07, 6.45) is 5.88. The fraction of sp³-hybridized carbons (Fsp3) is 0.381. The first-order chi connectivity index (χ1) is 15.2. The third-order valence-corrected chi connectivity index (χ3v) is 6.03. The van der Waals surface area contributed by atoms with E-state index in [1.165, 1.54) is 18.0 Å². The molecule has 162 valence electrons. The van der Waals surface area contributed by atoms with Crippen LogP contribution in [-0.4, -0.2) is 73.3 Å². The molecule has 4 heterocycles. The van der Waals surface area contributed by atoms with Crippen LogP contribution in [0.5, 0.6) is 0 Å². The number of carbonyl (C=O) groups excluding carboxylic acids is 2. The largest absolute Gasteiger partial charge is 0.459 e. The van der Waals surface area contributed by atoms with Crippen LogP contribution in [-0.2, 0) is 11.3 Å². The Labute approximate surface area is 184 Å². The van der Waals surface area contributed by atoms with Crippen molar-refractivity contribution in [2.45, 2.75) is 25.0 Å². The van der Waals surface area contributed by atoms with E-state index in [1.807, 2.05) is 16.7 Å². The molecule has 0 bridgehead atoms. The van der Waals surface area contributed by atoms with Gasteiger partial charge >= 0.3 is 0 Å². The van der Waals surface area contributed by atoms with Crippen molar-refractivity contribution in [3.63, 3.8) is 0 Å². The van der Waals surface area contributed by atoms with E-state index in [2.05, 4.69) is 22.1 Å². The first-order valence-electron chi connectivity index (χ1n) is 10.2. The highest BCUT2D eigenvalue weighted by molar-refractivity contribution is 7.99. The Morgan fingerprint density at radius 2 is 1.81 bits per heavy atom. The minimum Gasteiger partial charge on any atom is -0.459 e. The van der Waals surface area contributed by atoms with Crippen LogP contribution in [0.15, 0.2) is 52.5 Å². The molecule has 1 aliphatic rings. The number of nitrogens with zero attached hydrogens (tertiary/aromatic N) is 6. The molecule has 3 aromatic rings. The summed E-state index contributed by atoms with van der Waals surface area (Å²) in [4.78, 5) is 32.7. The Balaban J connectivity index is 1.34. The molecule has 0 saturated carbocycles. The number of carbonyl (C=O) groups is 2. The molecule has 0 radical (unpaired) electrons. The fourth-order valence-corrected chi connectivity index (χ4v) is 4.34. The number of pyridine rings is 1. The van der Waals surface area contributed by atoms with Crippen LogP contribution in [0.3, 0.4) is 0 Å². The number of hydrogen-bond donors (Lipinski definition) is 0. The lowest BCUT2D eigenvalue weighted by molar-refractivity contribution is -0.129. The van der Waals surface area contributed by atoms with Gasteiger partial charge in [0.25, 0.3) is 5.91 Å². The van der Waals surface area contributed by atoms with Gasteiger partial charge in [-0.25, -0.2) is 0 Å². The van der Waals surface area contributed by atoms with E-state index < -0.39 is 0 Å². The van der Waals surface area contributed by atoms with Crippen LogP contribution >= 0.6 is 11.8 Å². The van der Waals surface area contributed by atoms with Gasteiger partial charge in [-0.15, -0.1) is 10.2 Å². The molecule has 31 heavy (non-hydrogen) atoms. The smallest absolute Gasteiger partial charge is 0.289 e. The maximum Gasteiger partial charge on any atom is 0.289 e. The highest BCUT2D eigenvalue weighted by atomic mass is 32.2. The zero-order valence-corrected chi connectivity index (χ0v) is 18.1. The average Bonchev–Trinajstić information content (AvgIpc) is 3.49. The first-order valence-corrected chi connectivity index (χ1v) is 11.2. The summed E-state index contributed by atoms with van der Waals surface area (Å²) in [6, 6.07) is 7.16. The molecule has 1 fully saturated rings. The van der Waals surface area contributed by atoms with Gasteiger partial charge in [0.2, 0.25) is 5.91 Å². The molecule has 9 nitrogen and oxygen atoms in total. The van der Waals surface area contributed by atoms with Crippen molar-refractivity contribution in [2.24, 2.45) is 0 Å². The van der Waals surface area contributed by atoms with E-state index in [0.717, 1.165) is 29.5 Å². The Bertz CT molecular complexity index is 1010. The highest BCUT2D eigenvalue weighted by Gasteiger charge is 2.26. The second-order valence-electron chi connectivity index (χ2n) is 7.13. The van der Waals surface area contributed by atoms with Crippen molar-refractivity contribution in [1.82, 2.24) is 29.5 Å². The fourth-order valence-electron chi connectivity index (χ4n) is 3.47. The van der Waals surface area contributed by atoms with E-state index >= 15 is 0 Å². The van der Waals surface area contributed by atoms with Gasteiger partial charge in [0.1, 0.15) is 0 Å². The molecule has 0 N–H and O–H groups in total. The van der Waals surface area contributed by atoms with Crippen molar-refractivity contribution in [1.29, 1.82) is 0 Å². The quantitative estimate of drug-likeness (QED) is 0.521. The predicted molar refractivity (Wildman–Crippen MR) is 115 cm³/mol. The van der Waals surface area contributed by atoms with E-state index in [-0.39, 0.29) is 17.6 Å². The van der Waals surface area contributed by atoms with E-state index in [0.29, 0.717) is 31.9 Å². The normalized spacial score (nSPS) is 14.1. The Kier molecular flexibility index (Phi) is 6.66. The summed E-state index contributed by atoms with van der Waals surface area (Å²) < 4.78 is 7.23. The van der Waals surface area contributed by atoms with E-state index in [4.69, 9.17) is 4.42 Å². The first kappa shape index (κ1) is 21.1. The Morgan fingerprint density at radius 3 is 2.48 bits per heavy atom. The lowest BCUT2D eigenvalue weighted by Gasteiger charge is -2.34. The van der Waals surface area contributed by atoms with Gasteiger partial charge in [0.15, 0.2) is 16.7 Å². The van der Waals surface area contributed by atoms with Gasteiger partial charge in [0.05, 0.1) is 12.0 Å². The van der Waals surface area contributed by atoms with Crippen molar-refractivity contribution in [3.8, 4) is 11.4 Å². The van der Waals surface area contributed by atoms with E-state index in [9.17, 15) is 9.59 Å². The van der Waals surface area contributed by atoms with Crippen LogP contribution in [0.2, 0.25) is 0 Å². The SMILES string of the molecule is CCCn1c(SCC(=O)N2CCN(C(=O)c3ccco3)CC2)nnc1-c1ccncc1. The van der Waals surface area contributed by atoms with Crippen molar-refractivity contribution in [2.75, 3.05) is 31.9 Å². The lowest BCUT2D eigenvalue weighted by Crippen LogP contribution is -2.51. The van der Waals surface area contributed by atoms with Crippen LogP contribution in [0.25, 0.3) is 11.4 Å². The number of rotatable bonds is 7. The maximum atomic E-state index is 12.7. The predicted octanol–water partition coefficient (Wildman–Crippen LogP) is 2.42. The summed E-state index contributed by atoms with van der Waals surface area (Å²) in [5.74, 6) is 1.29. The molecule has 4 rings (SSSR count). The summed E-state index contributed by atoms with van der Waals surface area (Å²) >= 11 is 1.40. The minimum atomic E-state index is -0.136. The topological polar surface area (TPSA) is 97.4 Å². The summed E-state index contributed by atoms with van der Waals surface area (Å²) in [7, 11) is 0. The third kappa shape index (κ3) is 4.79. The molecule has 1 saturated heterocycles. The van der Waals surface area contributed by atoms with Gasteiger partial charge in [-0.05, 0) is 30.7 Å². The number of aromatic nitrogens is 4. The number of hydrogen-bond acceptors (Lipinski definition) is 7. The monoisotopic (exact) mass is 440 g/mol.